The average molecular weight is 335 g/mol. The zero-order chi connectivity index (χ0) is 15.6. The molecule has 0 bridgehead atoms. The minimum atomic E-state index is -0.855. The molecule has 0 radical (unpaired) electrons. The fourth-order valence-corrected chi connectivity index (χ4v) is 2.39. The summed E-state index contributed by atoms with van der Waals surface area (Å²) in [6.07, 6.45) is -0.0417. The van der Waals surface area contributed by atoms with Gasteiger partial charge in [-0.2, -0.15) is 0 Å². The van der Waals surface area contributed by atoms with Crippen LogP contribution < -0.4 is 11.3 Å². The van der Waals surface area contributed by atoms with E-state index in [9.17, 15) is 13.2 Å². The molecular formula is C14H11Cl2F3N2. The highest BCUT2D eigenvalue weighted by atomic mass is 35.5. The molecule has 21 heavy (non-hydrogen) atoms. The Bertz CT molecular complexity index is 645. The maximum Gasteiger partial charge on any atom is 0.142 e. The van der Waals surface area contributed by atoms with Crippen molar-refractivity contribution in [3.05, 3.63) is 69.0 Å². The number of hydrazine groups is 1. The summed E-state index contributed by atoms with van der Waals surface area (Å²) < 4.78 is 41.1. The van der Waals surface area contributed by atoms with Gasteiger partial charge < -0.3 is 0 Å². The molecule has 112 valence electrons. The zero-order valence-corrected chi connectivity index (χ0v) is 12.2. The van der Waals surface area contributed by atoms with Crippen molar-refractivity contribution in [1.82, 2.24) is 5.43 Å². The Hall–Kier alpha value is -1.27. The Labute approximate surface area is 129 Å². The predicted molar refractivity (Wildman–Crippen MR) is 76.5 cm³/mol. The lowest BCUT2D eigenvalue weighted by molar-refractivity contribution is 0.492. The van der Waals surface area contributed by atoms with Crippen LogP contribution in [-0.4, -0.2) is 0 Å². The number of nitrogens with two attached hydrogens (primary N) is 1. The second-order valence-electron chi connectivity index (χ2n) is 4.41. The molecule has 2 rings (SSSR count). The quantitative estimate of drug-likeness (QED) is 0.500. The minimum absolute atomic E-state index is 0.0417. The molecule has 0 aromatic heterocycles. The highest BCUT2D eigenvalue weighted by Gasteiger charge is 2.20. The Morgan fingerprint density at radius 1 is 1.00 bits per heavy atom. The topological polar surface area (TPSA) is 38.0 Å². The van der Waals surface area contributed by atoms with Crippen molar-refractivity contribution in [2.75, 3.05) is 0 Å². The first-order valence-electron chi connectivity index (χ1n) is 5.97. The van der Waals surface area contributed by atoms with Gasteiger partial charge in [0.15, 0.2) is 0 Å². The zero-order valence-electron chi connectivity index (χ0n) is 10.6. The molecule has 0 aliphatic heterocycles. The van der Waals surface area contributed by atoms with Gasteiger partial charge in [-0.25, -0.2) is 13.2 Å². The molecular weight excluding hydrogens is 324 g/mol. The van der Waals surface area contributed by atoms with Crippen molar-refractivity contribution in [2.45, 2.75) is 12.5 Å². The van der Waals surface area contributed by atoms with Gasteiger partial charge in [0.25, 0.3) is 0 Å². The van der Waals surface area contributed by atoms with Gasteiger partial charge in [-0.15, -0.1) is 0 Å². The molecule has 2 nitrogen and oxygen atoms in total. The van der Waals surface area contributed by atoms with Crippen molar-refractivity contribution in [2.24, 2.45) is 5.84 Å². The van der Waals surface area contributed by atoms with Crippen LogP contribution in [0.1, 0.15) is 17.2 Å². The van der Waals surface area contributed by atoms with Crippen LogP contribution in [0.3, 0.4) is 0 Å². The van der Waals surface area contributed by atoms with Crippen molar-refractivity contribution in [3.63, 3.8) is 0 Å². The molecule has 3 N–H and O–H groups in total. The van der Waals surface area contributed by atoms with Gasteiger partial charge in [0.2, 0.25) is 0 Å². The molecule has 0 amide bonds. The lowest BCUT2D eigenvalue weighted by atomic mass is 9.98. The molecule has 0 saturated heterocycles. The van der Waals surface area contributed by atoms with Gasteiger partial charge in [0.1, 0.15) is 17.5 Å². The van der Waals surface area contributed by atoms with Crippen LogP contribution in [0.5, 0.6) is 0 Å². The molecule has 2 aromatic rings. The van der Waals surface area contributed by atoms with Crippen LogP contribution in [0.2, 0.25) is 10.0 Å². The van der Waals surface area contributed by atoms with Crippen LogP contribution in [0.15, 0.2) is 30.3 Å². The second kappa shape index (κ2) is 6.66. The monoisotopic (exact) mass is 334 g/mol. The summed E-state index contributed by atoms with van der Waals surface area (Å²) in [5.74, 6) is 3.30. The van der Waals surface area contributed by atoms with E-state index >= 15 is 0 Å². The van der Waals surface area contributed by atoms with Crippen LogP contribution in [-0.2, 0) is 6.42 Å². The first-order valence-corrected chi connectivity index (χ1v) is 6.73. The highest BCUT2D eigenvalue weighted by molar-refractivity contribution is 6.31. The maximum absolute atomic E-state index is 13.9. The molecule has 0 heterocycles. The fraction of sp³-hybridized carbons (Fsp3) is 0.143. The van der Waals surface area contributed by atoms with Crippen LogP contribution >= 0.6 is 23.2 Å². The van der Waals surface area contributed by atoms with Gasteiger partial charge in [0.05, 0.1) is 11.1 Å². The van der Waals surface area contributed by atoms with Gasteiger partial charge in [-0.3, -0.25) is 11.3 Å². The van der Waals surface area contributed by atoms with E-state index in [-0.39, 0.29) is 27.6 Å². The first-order chi connectivity index (χ1) is 9.93. The summed E-state index contributed by atoms with van der Waals surface area (Å²) in [6.45, 7) is 0. The molecule has 0 spiro atoms. The first kappa shape index (κ1) is 16.1. The highest BCUT2D eigenvalue weighted by Crippen LogP contribution is 2.29. The summed E-state index contributed by atoms with van der Waals surface area (Å²) in [6, 6.07) is 5.11. The minimum Gasteiger partial charge on any atom is -0.271 e. The summed E-state index contributed by atoms with van der Waals surface area (Å²) in [5.41, 5.74) is 2.44. The predicted octanol–water partition coefficient (Wildman–Crippen LogP) is 4.16. The van der Waals surface area contributed by atoms with E-state index in [1.54, 1.807) is 0 Å². The summed E-state index contributed by atoms with van der Waals surface area (Å²) in [5, 5.41) is -0.152. The molecule has 2 aromatic carbocycles. The van der Waals surface area contributed by atoms with Crippen molar-refractivity contribution >= 4 is 23.2 Å². The van der Waals surface area contributed by atoms with Crippen molar-refractivity contribution in [1.29, 1.82) is 0 Å². The molecule has 0 saturated carbocycles. The number of benzene rings is 2. The smallest absolute Gasteiger partial charge is 0.142 e. The third-order valence-corrected chi connectivity index (χ3v) is 3.73. The van der Waals surface area contributed by atoms with Crippen LogP contribution in [0.4, 0.5) is 13.2 Å². The number of hydrogen-bond donors (Lipinski definition) is 2. The third-order valence-electron chi connectivity index (χ3n) is 3.09. The largest absolute Gasteiger partial charge is 0.271 e. The van der Waals surface area contributed by atoms with Crippen LogP contribution in [0, 0.1) is 17.5 Å². The van der Waals surface area contributed by atoms with Crippen molar-refractivity contribution in [3.8, 4) is 0 Å². The molecule has 1 atom stereocenters. The molecule has 0 fully saturated rings. The SMILES string of the molecule is NNC(Cc1c(F)cccc1Cl)c1cc(F)c(Cl)cc1F. The fourth-order valence-electron chi connectivity index (χ4n) is 2.00. The van der Waals surface area contributed by atoms with E-state index in [2.05, 4.69) is 5.43 Å². The standard InChI is InChI=1S/C14H11Cl2F3N2/c15-9-2-1-3-11(17)7(9)5-14(21-20)8-4-13(19)10(16)6-12(8)18/h1-4,6,14,21H,5,20H2. The Kier molecular flexibility index (Phi) is 5.11. The van der Waals surface area contributed by atoms with E-state index < -0.39 is 23.5 Å². The van der Waals surface area contributed by atoms with E-state index in [1.165, 1.54) is 18.2 Å². The van der Waals surface area contributed by atoms with Crippen LogP contribution in [0.25, 0.3) is 0 Å². The van der Waals surface area contributed by atoms with E-state index in [1.807, 2.05) is 0 Å². The van der Waals surface area contributed by atoms with Gasteiger partial charge in [0, 0.05) is 16.1 Å². The Balaban J connectivity index is 2.39. The van der Waals surface area contributed by atoms with E-state index in [0.29, 0.717) is 0 Å². The van der Waals surface area contributed by atoms with E-state index in [4.69, 9.17) is 29.0 Å². The summed E-state index contributed by atoms with van der Waals surface area (Å²) in [7, 11) is 0. The normalized spacial score (nSPS) is 12.5. The Morgan fingerprint density at radius 2 is 1.71 bits per heavy atom. The number of nitrogens with one attached hydrogen (secondary N) is 1. The molecule has 0 aliphatic carbocycles. The summed E-state index contributed by atoms with van der Waals surface area (Å²) in [4.78, 5) is 0. The lowest BCUT2D eigenvalue weighted by Crippen LogP contribution is -2.30. The van der Waals surface area contributed by atoms with Gasteiger partial charge >= 0.3 is 0 Å². The van der Waals surface area contributed by atoms with Crippen molar-refractivity contribution < 1.29 is 13.2 Å². The van der Waals surface area contributed by atoms with Gasteiger partial charge in [-0.1, -0.05) is 29.3 Å². The number of rotatable bonds is 4. The summed E-state index contributed by atoms with van der Waals surface area (Å²) >= 11 is 11.4. The average Bonchev–Trinajstić information content (AvgIpc) is 2.43. The molecule has 1 unspecified atom stereocenters. The maximum atomic E-state index is 13.9. The Morgan fingerprint density at radius 3 is 2.33 bits per heavy atom. The second-order valence-corrected chi connectivity index (χ2v) is 5.23. The van der Waals surface area contributed by atoms with Gasteiger partial charge in [-0.05, 0) is 30.7 Å². The molecule has 7 heteroatoms. The number of hydrogen-bond acceptors (Lipinski definition) is 2. The van der Waals surface area contributed by atoms with E-state index in [0.717, 1.165) is 12.1 Å². The lowest BCUT2D eigenvalue weighted by Gasteiger charge is -2.18. The third kappa shape index (κ3) is 3.49. The molecule has 0 aliphatic rings. The number of halogens is 5.